The molecule has 4 aromatic rings. The molecule has 23 heavy (non-hydrogen) atoms. The average molecular weight is 438 g/mol. The Kier molecular flexibility index (Phi) is 16.3. The van der Waals surface area contributed by atoms with Crippen LogP contribution in [0.15, 0.2) is 84.9 Å². The van der Waals surface area contributed by atoms with E-state index in [4.69, 9.17) is 0 Å². The van der Waals surface area contributed by atoms with Crippen molar-refractivity contribution in [3.8, 4) is 0 Å². The molecule has 4 rings (SSSR count). The summed E-state index contributed by atoms with van der Waals surface area (Å²) >= 11 is 0. The van der Waals surface area contributed by atoms with Crippen molar-refractivity contribution < 1.29 is 26.2 Å². The first-order valence-corrected chi connectivity index (χ1v) is 6.14. The molecule has 0 aromatic heterocycles. The van der Waals surface area contributed by atoms with Crippen LogP contribution in [0, 0.1) is 7.43 Å². The average Bonchev–Trinajstić information content (AvgIpc) is 3.08. The third-order valence-electron chi connectivity index (χ3n) is 3.10. The fourth-order valence-electron chi connectivity index (χ4n) is 2.14. The number of rotatable bonds is 0. The van der Waals surface area contributed by atoms with Crippen molar-refractivity contribution in [1.82, 2.24) is 0 Å². The van der Waals surface area contributed by atoms with Gasteiger partial charge in [0.2, 0.25) is 0 Å². The Labute approximate surface area is 175 Å². The fourth-order valence-corrected chi connectivity index (χ4v) is 2.14. The zero-order valence-corrected chi connectivity index (χ0v) is 18.0. The van der Waals surface area contributed by atoms with Gasteiger partial charge >= 0.3 is 26.2 Å². The largest absolute Gasteiger partial charge is 3.00 e. The molecule has 0 aliphatic rings. The SMILES string of the molecule is Cl.Cl.[CH3-].[Si].[Zr+3].c1ccc2[cH-]ccc2c1.c1ccc2[cH-]ccc2c1. The van der Waals surface area contributed by atoms with Crippen LogP contribution in [-0.2, 0) is 26.2 Å². The molecule has 0 aliphatic carbocycles. The Hall–Kier alpha value is -0.660. The molecule has 0 N–H and O–H groups in total. The number of hydrogen-bond donors (Lipinski definition) is 0. The van der Waals surface area contributed by atoms with E-state index >= 15 is 0 Å². The summed E-state index contributed by atoms with van der Waals surface area (Å²) in [5.41, 5.74) is 0. The van der Waals surface area contributed by atoms with E-state index in [1.54, 1.807) is 0 Å². The van der Waals surface area contributed by atoms with Gasteiger partial charge in [0, 0.05) is 11.0 Å². The second kappa shape index (κ2) is 13.7. The number of hydrogen-bond acceptors (Lipinski definition) is 0. The summed E-state index contributed by atoms with van der Waals surface area (Å²) in [7, 11) is 0. The molecule has 5 radical (unpaired) electrons. The summed E-state index contributed by atoms with van der Waals surface area (Å²) in [6.45, 7) is 0. The maximum Gasteiger partial charge on any atom is 3.00 e. The molecule has 0 atom stereocenters. The minimum absolute atomic E-state index is 0. The summed E-state index contributed by atoms with van der Waals surface area (Å²) in [5, 5.41) is 5.32. The van der Waals surface area contributed by atoms with Gasteiger partial charge in [-0.3, -0.25) is 0 Å². The van der Waals surface area contributed by atoms with Crippen molar-refractivity contribution in [3.05, 3.63) is 92.4 Å². The van der Waals surface area contributed by atoms with Crippen LogP contribution < -0.4 is 0 Å². The second-order valence-corrected chi connectivity index (χ2v) is 4.31. The van der Waals surface area contributed by atoms with Gasteiger partial charge in [-0.05, 0) is 0 Å². The summed E-state index contributed by atoms with van der Waals surface area (Å²) in [6, 6.07) is 29.3. The van der Waals surface area contributed by atoms with Crippen LogP contribution in [0.2, 0.25) is 0 Å². The van der Waals surface area contributed by atoms with Crippen molar-refractivity contribution in [2.75, 3.05) is 0 Å². The summed E-state index contributed by atoms with van der Waals surface area (Å²) in [5.74, 6) is 0. The number of benzene rings is 2. The van der Waals surface area contributed by atoms with Crippen molar-refractivity contribution in [1.29, 1.82) is 0 Å². The van der Waals surface area contributed by atoms with Gasteiger partial charge in [-0.15, -0.1) is 84.1 Å². The molecule has 4 aromatic carbocycles. The van der Waals surface area contributed by atoms with Crippen LogP contribution in [0.25, 0.3) is 21.5 Å². The first-order valence-electron chi connectivity index (χ1n) is 6.14. The quantitative estimate of drug-likeness (QED) is 0.233. The van der Waals surface area contributed by atoms with Crippen LogP contribution in [-0.4, -0.2) is 11.0 Å². The van der Waals surface area contributed by atoms with E-state index in [1.807, 2.05) is 0 Å². The number of fused-ring (bicyclic) bond motifs is 2. The Morgan fingerprint density at radius 1 is 0.565 bits per heavy atom. The summed E-state index contributed by atoms with van der Waals surface area (Å²) < 4.78 is 0. The molecule has 0 heterocycles. The van der Waals surface area contributed by atoms with E-state index in [9.17, 15) is 0 Å². The first-order chi connectivity index (χ1) is 8.93. The predicted octanol–water partition coefficient (Wildman–Crippen LogP) is 6.03. The molecular formula is C19H19Cl2SiZr. The third-order valence-corrected chi connectivity index (χ3v) is 3.10. The first kappa shape index (κ1) is 27.2. The summed E-state index contributed by atoms with van der Waals surface area (Å²) in [6.07, 6.45) is 0. The predicted molar refractivity (Wildman–Crippen MR) is 106 cm³/mol. The zero-order valence-electron chi connectivity index (χ0n) is 12.9. The van der Waals surface area contributed by atoms with Gasteiger partial charge < -0.3 is 7.43 Å². The molecule has 0 saturated heterocycles. The molecule has 0 bridgehead atoms. The maximum absolute atomic E-state index is 2.12. The molecule has 0 fully saturated rings. The van der Waals surface area contributed by atoms with Crippen molar-refractivity contribution in [2.45, 2.75) is 0 Å². The maximum atomic E-state index is 2.12. The normalized spacial score (nSPS) is 8.00. The second-order valence-electron chi connectivity index (χ2n) is 4.31. The molecule has 0 spiro atoms. The van der Waals surface area contributed by atoms with Gasteiger partial charge in [-0.2, -0.15) is 35.0 Å². The Morgan fingerprint density at radius 3 is 1.26 bits per heavy atom. The van der Waals surface area contributed by atoms with E-state index in [0.717, 1.165) is 0 Å². The van der Waals surface area contributed by atoms with E-state index in [2.05, 4.69) is 84.9 Å². The van der Waals surface area contributed by atoms with Crippen LogP contribution in [0.3, 0.4) is 0 Å². The zero-order chi connectivity index (χ0) is 12.2. The van der Waals surface area contributed by atoms with E-state index < -0.39 is 0 Å². The molecule has 117 valence electrons. The minimum Gasteiger partial charge on any atom is -0.358 e. The smallest absolute Gasteiger partial charge is 0.358 e. The minimum atomic E-state index is 0. The van der Waals surface area contributed by atoms with Crippen molar-refractivity contribution in [2.24, 2.45) is 0 Å². The van der Waals surface area contributed by atoms with Gasteiger partial charge in [0.15, 0.2) is 0 Å². The molecule has 0 aliphatic heterocycles. The monoisotopic (exact) mass is 435 g/mol. The number of halogens is 2. The van der Waals surface area contributed by atoms with Crippen LogP contribution >= 0.6 is 24.8 Å². The molecule has 0 unspecified atom stereocenters. The van der Waals surface area contributed by atoms with Gasteiger partial charge in [-0.1, -0.05) is 12.1 Å². The molecule has 0 amide bonds. The van der Waals surface area contributed by atoms with Crippen LogP contribution in [0.4, 0.5) is 0 Å². The Morgan fingerprint density at radius 2 is 0.913 bits per heavy atom. The van der Waals surface area contributed by atoms with Gasteiger partial charge in [-0.25, -0.2) is 0 Å². The van der Waals surface area contributed by atoms with Gasteiger partial charge in [0.1, 0.15) is 0 Å². The van der Waals surface area contributed by atoms with E-state index in [1.165, 1.54) is 21.5 Å². The molecule has 0 nitrogen and oxygen atoms in total. The van der Waals surface area contributed by atoms with Crippen molar-refractivity contribution >= 4 is 57.3 Å². The van der Waals surface area contributed by atoms with Crippen LogP contribution in [0.1, 0.15) is 0 Å². The van der Waals surface area contributed by atoms with Gasteiger partial charge in [0.25, 0.3) is 0 Å². The third kappa shape index (κ3) is 7.18. The molecule has 4 heteroatoms. The van der Waals surface area contributed by atoms with Crippen LogP contribution in [0.5, 0.6) is 0 Å². The molecule has 0 saturated carbocycles. The van der Waals surface area contributed by atoms with E-state index in [0.29, 0.717) is 0 Å². The summed E-state index contributed by atoms with van der Waals surface area (Å²) in [4.78, 5) is 0. The Balaban J connectivity index is -0.000000286. The van der Waals surface area contributed by atoms with Gasteiger partial charge in [0.05, 0.1) is 0 Å². The Bertz CT molecular complexity index is 635. The topological polar surface area (TPSA) is 0 Å². The van der Waals surface area contributed by atoms with E-state index in [-0.39, 0.29) is 69.4 Å². The fraction of sp³-hybridized carbons (Fsp3) is 0. The standard InChI is InChI=1S/2C9H7.CH3.2ClH.Si.Zr/c2*1-2-5-9-7-3-6-8(9)4-1;;;;;/h2*1-7H;1H3;2*1H;;/q3*-1;;;;+3. The van der Waals surface area contributed by atoms with Crippen molar-refractivity contribution in [3.63, 3.8) is 0 Å². The molecular weight excluding hydrogens is 418 g/mol.